The second kappa shape index (κ2) is 8.87. The van der Waals surface area contributed by atoms with Crippen LogP contribution in [0.15, 0.2) is 48.8 Å². The van der Waals surface area contributed by atoms with Gasteiger partial charge < -0.3 is 15.0 Å². The Balaban J connectivity index is 1.65. The number of hydrogen-bond acceptors (Lipinski definition) is 5. The van der Waals surface area contributed by atoms with E-state index in [2.05, 4.69) is 10.3 Å². The molecular weight excluding hydrogens is 394 g/mol. The predicted octanol–water partition coefficient (Wildman–Crippen LogP) is 3.57. The molecule has 7 nitrogen and oxygen atoms in total. The Morgan fingerprint density at radius 2 is 2.00 bits per heavy atom. The second-order valence-corrected chi connectivity index (χ2v) is 7.01. The maximum absolute atomic E-state index is 12.5. The first kappa shape index (κ1) is 20.5. The minimum absolute atomic E-state index is 0.0717. The number of pyridine rings is 1. The lowest BCUT2D eigenvalue weighted by Gasteiger charge is -2.32. The molecule has 0 bridgehead atoms. The molecule has 1 aliphatic rings. The van der Waals surface area contributed by atoms with Gasteiger partial charge in [-0.25, -0.2) is 4.98 Å². The van der Waals surface area contributed by atoms with Crippen LogP contribution < -0.4 is 5.32 Å². The maximum Gasteiger partial charge on any atom is 0.309 e. The molecule has 0 spiro atoms. The van der Waals surface area contributed by atoms with E-state index in [1.54, 1.807) is 18.3 Å². The van der Waals surface area contributed by atoms with E-state index in [0.717, 1.165) is 11.1 Å². The topological polar surface area (TPSA) is 88.6 Å². The van der Waals surface area contributed by atoms with Crippen LogP contribution in [0.2, 0.25) is 5.02 Å². The Bertz CT molecular complexity index is 959. The molecule has 0 saturated heterocycles. The van der Waals surface area contributed by atoms with Crippen LogP contribution in [0.4, 0.5) is 5.82 Å². The molecule has 29 heavy (non-hydrogen) atoms. The molecule has 0 aliphatic carbocycles. The van der Waals surface area contributed by atoms with Gasteiger partial charge in [-0.05, 0) is 36.3 Å². The number of anilines is 1. The predicted molar refractivity (Wildman–Crippen MR) is 109 cm³/mol. The van der Waals surface area contributed by atoms with Gasteiger partial charge in [0, 0.05) is 19.3 Å². The molecule has 1 aliphatic heterocycles. The zero-order valence-electron chi connectivity index (χ0n) is 16.0. The molecule has 2 amide bonds. The van der Waals surface area contributed by atoms with Crippen molar-refractivity contribution in [2.24, 2.45) is 0 Å². The van der Waals surface area contributed by atoms with Crippen molar-refractivity contribution in [3.05, 3.63) is 64.9 Å². The highest BCUT2D eigenvalue weighted by Gasteiger charge is 2.30. The average molecular weight is 414 g/mol. The van der Waals surface area contributed by atoms with E-state index in [-0.39, 0.29) is 12.3 Å². The number of carbonyl (C=O) groups excluding carboxylic acids is 3. The van der Waals surface area contributed by atoms with Crippen LogP contribution in [0.3, 0.4) is 0 Å². The number of hydrogen-bond donors (Lipinski definition) is 1. The van der Waals surface area contributed by atoms with Gasteiger partial charge in [0.05, 0.1) is 17.5 Å². The number of halogens is 1. The Hall–Kier alpha value is -3.19. The molecule has 0 fully saturated rings. The molecular formula is C21H20ClN3O4. The fourth-order valence-corrected chi connectivity index (χ4v) is 3.16. The van der Waals surface area contributed by atoms with Crippen molar-refractivity contribution in [2.45, 2.75) is 32.4 Å². The number of amides is 2. The van der Waals surface area contributed by atoms with E-state index in [9.17, 15) is 14.4 Å². The van der Waals surface area contributed by atoms with E-state index < -0.39 is 24.0 Å². The van der Waals surface area contributed by atoms with Crippen LogP contribution in [0.1, 0.15) is 37.4 Å². The average Bonchev–Trinajstić information content (AvgIpc) is 2.69. The van der Waals surface area contributed by atoms with Gasteiger partial charge in [-0.1, -0.05) is 35.9 Å². The highest BCUT2D eigenvalue weighted by molar-refractivity contribution is 6.30. The van der Waals surface area contributed by atoms with Gasteiger partial charge in [0.2, 0.25) is 5.91 Å². The molecule has 2 heterocycles. The van der Waals surface area contributed by atoms with Gasteiger partial charge in [0.15, 0.2) is 6.10 Å². The van der Waals surface area contributed by atoms with E-state index in [1.165, 1.54) is 24.9 Å². The molecule has 3 rings (SSSR count). The summed E-state index contributed by atoms with van der Waals surface area (Å²) in [6.45, 7) is 2.91. The number of fused-ring (bicyclic) bond motifs is 1. The van der Waals surface area contributed by atoms with Gasteiger partial charge in [-0.15, -0.1) is 0 Å². The summed E-state index contributed by atoms with van der Waals surface area (Å²) in [5.74, 6) is -0.983. The van der Waals surface area contributed by atoms with Crippen LogP contribution in [0.25, 0.3) is 6.08 Å². The van der Waals surface area contributed by atoms with Gasteiger partial charge in [0.1, 0.15) is 5.82 Å². The first-order valence-corrected chi connectivity index (χ1v) is 9.41. The highest BCUT2D eigenvalue weighted by atomic mass is 35.5. The Labute approximate surface area is 173 Å². The molecule has 1 aromatic heterocycles. The normalized spacial score (nSPS) is 16.0. The van der Waals surface area contributed by atoms with E-state index in [4.69, 9.17) is 16.3 Å². The summed E-state index contributed by atoms with van der Waals surface area (Å²) in [5.41, 5.74) is 1.78. The van der Waals surface area contributed by atoms with E-state index in [0.29, 0.717) is 10.8 Å². The number of ether oxygens (including phenoxy) is 1. The quantitative estimate of drug-likeness (QED) is 0.757. The van der Waals surface area contributed by atoms with Gasteiger partial charge in [-0.3, -0.25) is 14.4 Å². The largest absolute Gasteiger partial charge is 0.452 e. The van der Waals surface area contributed by atoms with Crippen molar-refractivity contribution >= 4 is 41.3 Å². The zero-order valence-corrected chi connectivity index (χ0v) is 16.7. The number of nitrogens with one attached hydrogen (secondary N) is 1. The summed E-state index contributed by atoms with van der Waals surface area (Å²) in [6, 6.07) is 10.2. The SMILES string of the molecule is CC(=O)N1C=Cc2ccccc2[C@H]1CC(=O)O[C@@H](C)C(=O)Nc1ccc(Cl)cn1. The molecule has 2 atom stereocenters. The molecule has 0 saturated carbocycles. The van der Waals surface area contributed by atoms with Crippen LogP contribution in [0.5, 0.6) is 0 Å². The summed E-state index contributed by atoms with van der Waals surface area (Å²) in [4.78, 5) is 42.2. The number of benzene rings is 1. The van der Waals surface area contributed by atoms with Crippen LogP contribution in [0, 0.1) is 0 Å². The van der Waals surface area contributed by atoms with E-state index in [1.807, 2.05) is 30.3 Å². The smallest absolute Gasteiger partial charge is 0.309 e. The first-order valence-electron chi connectivity index (χ1n) is 9.03. The first-order chi connectivity index (χ1) is 13.8. The minimum Gasteiger partial charge on any atom is -0.452 e. The van der Waals surface area contributed by atoms with Crippen molar-refractivity contribution in [3.8, 4) is 0 Å². The lowest BCUT2D eigenvalue weighted by atomic mass is 9.94. The van der Waals surface area contributed by atoms with Crippen molar-refractivity contribution < 1.29 is 19.1 Å². The van der Waals surface area contributed by atoms with Gasteiger partial charge in [-0.2, -0.15) is 0 Å². The molecule has 0 radical (unpaired) electrons. The highest BCUT2D eigenvalue weighted by Crippen LogP contribution is 2.33. The summed E-state index contributed by atoms with van der Waals surface area (Å²) in [6.07, 6.45) is 3.79. The summed E-state index contributed by atoms with van der Waals surface area (Å²) in [7, 11) is 0. The van der Waals surface area contributed by atoms with Crippen LogP contribution in [-0.2, 0) is 19.1 Å². The second-order valence-electron chi connectivity index (χ2n) is 6.57. The fraction of sp³-hybridized carbons (Fsp3) is 0.238. The van der Waals surface area contributed by atoms with Gasteiger partial charge in [0.25, 0.3) is 5.91 Å². The lowest BCUT2D eigenvalue weighted by Crippen LogP contribution is -2.35. The van der Waals surface area contributed by atoms with Crippen molar-refractivity contribution in [3.63, 3.8) is 0 Å². The number of carbonyl (C=O) groups is 3. The number of esters is 1. The molecule has 1 aromatic carbocycles. The van der Waals surface area contributed by atoms with E-state index >= 15 is 0 Å². The lowest BCUT2D eigenvalue weighted by molar-refractivity contribution is -0.154. The Kier molecular flexibility index (Phi) is 6.29. The summed E-state index contributed by atoms with van der Waals surface area (Å²) in [5, 5.41) is 3.00. The molecule has 0 unspecified atom stereocenters. The Morgan fingerprint density at radius 3 is 2.69 bits per heavy atom. The monoisotopic (exact) mass is 413 g/mol. The van der Waals surface area contributed by atoms with Crippen molar-refractivity contribution in [1.29, 1.82) is 0 Å². The number of rotatable bonds is 5. The summed E-state index contributed by atoms with van der Waals surface area (Å²) < 4.78 is 5.29. The van der Waals surface area contributed by atoms with Crippen LogP contribution in [-0.4, -0.2) is 33.8 Å². The maximum atomic E-state index is 12.5. The third kappa shape index (κ3) is 5.00. The summed E-state index contributed by atoms with van der Waals surface area (Å²) >= 11 is 5.76. The number of nitrogens with zero attached hydrogens (tertiary/aromatic N) is 2. The molecule has 8 heteroatoms. The standard InChI is InChI=1S/C21H20ClN3O4/c1-13(21(28)24-19-8-7-16(22)12-23-19)29-20(27)11-18-17-6-4-3-5-15(17)9-10-25(18)14(2)26/h3-10,12-13,18H,11H2,1-2H3,(H,23,24,28)/t13-,18+/m0/s1. The minimum atomic E-state index is -1.03. The Morgan fingerprint density at radius 1 is 1.24 bits per heavy atom. The third-order valence-electron chi connectivity index (χ3n) is 4.49. The van der Waals surface area contributed by atoms with Crippen molar-refractivity contribution in [2.75, 3.05) is 5.32 Å². The molecule has 1 N–H and O–H groups in total. The number of aromatic nitrogens is 1. The zero-order chi connectivity index (χ0) is 21.0. The van der Waals surface area contributed by atoms with Crippen LogP contribution >= 0.6 is 11.6 Å². The van der Waals surface area contributed by atoms with Crippen molar-refractivity contribution in [1.82, 2.24) is 9.88 Å². The molecule has 2 aromatic rings. The van der Waals surface area contributed by atoms with Gasteiger partial charge >= 0.3 is 5.97 Å². The molecule has 150 valence electrons. The third-order valence-corrected chi connectivity index (χ3v) is 4.71. The fourth-order valence-electron chi connectivity index (χ4n) is 3.05.